The van der Waals surface area contributed by atoms with E-state index < -0.39 is 5.54 Å². The molecule has 0 spiro atoms. The number of carbonyl (C=O) groups excluding carboxylic acids is 1. The summed E-state index contributed by atoms with van der Waals surface area (Å²) < 4.78 is 3.87. The Bertz CT molecular complexity index is 1720. The molecule has 5 aromatic rings. The van der Waals surface area contributed by atoms with Gasteiger partial charge in [0.15, 0.2) is 0 Å². The number of fused-ring (bicyclic) bond motifs is 4. The van der Waals surface area contributed by atoms with E-state index in [4.69, 9.17) is 10.7 Å². The molecular formula is C29H29N5O2S. The van der Waals surface area contributed by atoms with Gasteiger partial charge in [-0.3, -0.25) is 14.0 Å². The minimum Gasteiger partial charge on any atom is -0.356 e. The van der Waals surface area contributed by atoms with Gasteiger partial charge in [-0.25, -0.2) is 4.98 Å². The van der Waals surface area contributed by atoms with Crippen molar-refractivity contribution in [3.05, 3.63) is 71.1 Å². The van der Waals surface area contributed by atoms with Gasteiger partial charge in [-0.05, 0) is 63.4 Å². The zero-order valence-electron chi connectivity index (χ0n) is 21.0. The number of carbonyl (C=O) groups is 1. The summed E-state index contributed by atoms with van der Waals surface area (Å²) >= 11 is 1.70. The van der Waals surface area contributed by atoms with Crippen molar-refractivity contribution in [3.8, 4) is 11.1 Å². The highest BCUT2D eigenvalue weighted by molar-refractivity contribution is 7.26. The standard InChI is InChI=1S/C29H29N5O2S/c1-29(2,30)28(36)31-18-11-12-23-22(16-18)20-9-6-8-19(26(20)37-23)21-10-7-15-34-25(35)17-24(32-27(21)34)33-13-4-3-5-14-33/h6-12,15-17H,3-5,13-14,30H2,1-2H3,(H,31,36). The summed E-state index contributed by atoms with van der Waals surface area (Å²) in [6.45, 7) is 5.23. The second-order valence-electron chi connectivity index (χ2n) is 10.3. The first-order valence-corrected chi connectivity index (χ1v) is 13.4. The number of anilines is 2. The second-order valence-corrected chi connectivity index (χ2v) is 11.3. The van der Waals surface area contributed by atoms with Crippen LogP contribution in [-0.4, -0.2) is 33.9 Å². The van der Waals surface area contributed by atoms with Crippen LogP contribution in [0.5, 0.6) is 0 Å². The Morgan fingerprint density at radius 1 is 1.00 bits per heavy atom. The van der Waals surface area contributed by atoms with Crippen LogP contribution in [0.15, 0.2) is 65.6 Å². The fourth-order valence-electron chi connectivity index (χ4n) is 4.99. The minimum atomic E-state index is -0.967. The third-order valence-electron chi connectivity index (χ3n) is 6.99. The molecule has 1 aliphatic heterocycles. The number of benzene rings is 2. The van der Waals surface area contributed by atoms with Gasteiger partial charge >= 0.3 is 0 Å². The van der Waals surface area contributed by atoms with E-state index in [1.54, 1.807) is 41.8 Å². The zero-order chi connectivity index (χ0) is 25.7. The molecule has 8 heteroatoms. The van der Waals surface area contributed by atoms with E-state index in [1.807, 2.05) is 36.4 Å². The van der Waals surface area contributed by atoms with Crippen LogP contribution in [0.25, 0.3) is 36.9 Å². The summed E-state index contributed by atoms with van der Waals surface area (Å²) in [7, 11) is 0. The maximum absolute atomic E-state index is 13.1. The SMILES string of the molecule is CC(C)(N)C(=O)Nc1ccc2sc3c(-c4cccn5c(=O)cc(N6CCCCC6)nc45)cccc3c2c1. The summed E-state index contributed by atoms with van der Waals surface area (Å²) in [6.07, 6.45) is 5.24. The maximum Gasteiger partial charge on any atom is 0.259 e. The maximum atomic E-state index is 13.1. The van der Waals surface area contributed by atoms with Crippen LogP contribution in [0.1, 0.15) is 33.1 Å². The molecule has 0 saturated carbocycles. The minimum absolute atomic E-state index is 0.0702. The van der Waals surface area contributed by atoms with E-state index in [-0.39, 0.29) is 11.5 Å². The number of hydrogen-bond donors (Lipinski definition) is 2. The van der Waals surface area contributed by atoms with Gasteiger partial charge in [0, 0.05) is 62.3 Å². The number of aromatic nitrogens is 2. The molecule has 0 aliphatic carbocycles. The Kier molecular flexibility index (Phi) is 5.73. The number of rotatable bonds is 4. The zero-order valence-corrected chi connectivity index (χ0v) is 21.8. The van der Waals surface area contributed by atoms with Gasteiger partial charge in [0.2, 0.25) is 5.91 Å². The summed E-state index contributed by atoms with van der Waals surface area (Å²) in [5, 5.41) is 5.09. The Labute approximate surface area is 218 Å². The third-order valence-corrected chi connectivity index (χ3v) is 8.21. The molecule has 1 aliphatic rings. The highest BCUT2D eigenvalue weighted by Gasteiger charge is 2.22. The van der Waals surface area contributed by atoms with Gasteiger partial charge < -0.3 is 16.0 Å². The van der Waals surface area contributed by atoms with Gasteiger partial charge in [-0.2, -0.15) is 0 Å². The van der Waals surface area contributed by atoms with Crippen molar-refractivity contribution < 1.29 is 4.79 Å². The van der Waals surface area contributed by atoms with E-state index in [0.29, 0.717) is 11.3 Å². The molecule has 1 amide bonds. The average molecular weight is 512 g/mol. The van der Waals surface area contributed by atoms with Crippen LogP contribution in [0.4, 0.5) is 11.5 Å². The first-order chi connectivity index (χ1) is 17.8. The van der Waals surface area contributed by atoms with E-state index in [1.165, 1.54) is 6.42 Å². The number of nitrogens with one attached hydrogen (secondary N) is 1. The molecule has 188 valence electrons. The first-order valence-electron chi connectivity index (χ1n) is 12.6. The fourth-order valence-corrected chi connectivity index (χ4v) is 6.20. The molecule has 0 unspecified atom stereocenters. The smallest absolute Gasteiger partial charge is 0.259 e. The van der Waals surface area contributed by atoms with Crippen molar-refractivity contribution in [3.63, 3.8) is 0 Å². The lowest BCUT2D eigenvalue weighted by Gasteiger charge is -2.27. The molecule has 37 heavy (non-hydrogen) atoms. The predicted molar refractivity (Wildman–Crippen MR) is 153 cm³/mol. The van der Waals surface area contributed by atoms with Crippen LogP contribution in [0.2, 0.25) is 0 Å². The molecule has 1 saturated heterocycles. The fraction of sp³-hybridized carbons (Fsp3) is 0.276. The molecule has 3 N–H and O–H groups in total. The van der Waals surface area contributed by atoms with Gasteiger partial charge in [-0.1, -0.05) is 18.2 Å². The molecule has 2 aromatic carbocycles. The lowest BCUT2D eigenvalue weighted by atomic mass is 10.0. The van der Waals surface area contributed by atoms with Crippen LogP contribution in [-0.2, 0) is 4.79 Å². The van der Waals surface area contributed by atoms with Crippen LogP contribution in [0, 0.1) is 0 Å². The molecule has 4 heterocycles. The number of piperidine rings is 1. The molecule has 1 fully saturated rings. The van der Waals surface area contributed by atoms with Gasteiger partial charge in [0.1, 0.15) is 11.5 Å². The lowest BCUT2D eigenvalue weighted by molar-refractivity contribution is -0.120. The van der Waals surface area contributed by atoms with Crippen LogP contribution < -0.4 is 21.5 Å². The number of nitrogens with two attached hydrogens (primary N) is 1. The Balaban J connectivity index is 1.50. The normalized spacial score (nSPS) is 14.5. The quantitative estimate of drug-likeness (QED) is 0.337. The van der Waals surface area contributed by atoms with Crippen molar-refractivity contribution in [2.45, 2.75) is 38.6 Å². The van der Waals surface area contributed by atoms with Gasteiger partial charge in [0.25, 0.3) is 5.56 Å². The molecule has 7 nitrogen and oxygen atoms in total. The number of thiophene rings is 1. The monoisotopic (exact) mass is 511 g/mol. The molecular weight excluding hydrogens is 482 g/mol. The molecule has 0 atom stereocenters. The third kappa shape index (κ3) is 4.26. The number of hydrogen-bond acceptors (Lipinski definition) is 6. The summed E-state index contributed by atoms with van der Waals surface area (Å²) in [5.41, 5.74) is 8.27. The van der Waals surface area contributed by atoms with Gasteiger partial charge in [0.05, 0.1) is 5.54 Å². The van der Waals surface area contributed by atoms with Crippen LogP contribution >= 0.6 is 11.3 Å². The Hall–Kier alpha value is -3.75. The number of nitrogens with zero attached hydrogens (tertiary/aromatic N) is 3. The molecule has 3 aromatic heterocycles. The molecule has 6 rings (SSSR count). The van der Waals surface area contributed by atoms with E-state index >= 15 is 0 Å². The largest absolute Gasteiger partial charge is 0.356 e. The van der Waals surface area contributed by atoms with Crippen molar-refractivity contribution in [1.29, 1.82) is 0 Å². The Morgan fingerprint density at radius 2 is 1.78 bits per heavy atom. The summed E-state index contributed by atoms with van der Waals surface area (Å²) in [6, 6.07) is 17.8. The van der Waals surface area contributed by atoms with Gasteiger partial charge in [-0.15, -0.1) is 11.3 Å². The van der Waals surface area contributed by atoms with Crippen molar-refractivity contribution in [2.75, 3.05) is 23.3 Å². The van der Waals surface area contributed by atoms with Crippen LogP contribution in [0.3, 0.4) is 0 Å². The summed E-state index contributed by atoms with van der Waals surface area (Å²) in [5.74, 6) is 0.521. The summed E-state index contributed by atoms with van der Waals surface area (Å²) in [4.78, 5) is 32.7. The molecule has 0 bridgehead atoms. The number of pyridine rings is 1. The van der Waals surface area contributed by atoms with Crippen molar-refractivity contribution >= 4 is 54.6 Å². The predicted octanol–water partition coefficient (Wildman–Crippen LogP) is 5.40. The van der Waals surface area contributed by atoms with Crippen molar-refractivity contribution in [2.24, 2.45) is 5.73 Å². The van der Waals surface area contributed by atoms with E-state index in [2.05, 4.69) is 22.3 Å². The van der Waals surface area contributed by atoms with Crippen molar-refractivity contribution in [1.82, 2.24) is 9.38 Å². The number of amides is 1. The highest BCUT2D eigenvalue weighted by Crippen LogP contribution is 2.41. The highest BCUT2D eigenvalue weighted by atomic mass is 32.1. The Morgan fingerprint density at radius 3 is 2.57 bits per heavy atom. The topological polar surface area (TPSA) is 92.7 Å². The van der Waals surface area contributed by atoms with E-state index in [0.717, 1.165) is 63.0 Å². The lowest BCUT2D eigenvalue weighted by Crippen LogP contribution is -2.45. The average Bonchev–Trinajstić information content (AvgIpc) is 3.26. The second kappa shape index (κ2) is 8.97. The van der Waals surface area contributed by atoms with E-state index in [9.17, 15) is 9.59 Å². The molecule has 0 radical (unpaired) electrons. The first kappa shape index (κ1) is 23.6.